The number of hydrogen-bond acceptors (Lipinski definition) is 2. The Labute approximate surface area is 122 Å². The van der Waals surface area contributed by atoms with Gasteiger partial charge in [-0.15, -0.1) is 0 Å². The van der Waals surface area contributed by atoms with Gasteiger partial charge in [-0.3, -0.25) is 5.84 Å². The molecule has 0 saturated heterocycles. The van der Waals surface area contributed by atoms with E-state index in [-0.39, 0.29) is 5.56 Å². The van der Waals surface area contributed by atoms with Gasteiger partial charge in [0.1, 0.15) is 11.6 Å². The fraction of sp³-hybridized carbons (Fsp3) is 0.0769. The summed E-state index contributed by atoms with van der Waals surface area (Å²) in [6.07, 6.45) is 0. The normalized spacial score (nSPS) is 12.5. The molecule has 2 nitrogen and oxygen atoms in total. The molecular weight excluding hydrogens is 338 g/mol. The molecule has 1 atom stereocenters. The second-order valence-corrected chi connectivity index (χ2v) is 5.29. The molecule has 0 aliphatic carbocycles. The number of rotatable bonds is 3. The van der Waals surface area contributed by atoms with E-state index in [0.29, 0.717) is 15.1 Å². The van der Waals surface area contributed by atoms with Gasteiger partial charge in [-0.25, -0.2) is 14.2 Å². The second-order valence-electron chi connectivity index (χ2n) is 3.93. The van der Waals surface area contributed by atoms with Gasteiger partial charge in [0.15, 0.2) is 0 Å². The highest BCUT2D eigenvalue weighted by atomic mass is 79.9. The van der Waals surface area contributed by atoms with Crippen LogP contribution in [0.2, 0.25) is 5.02 Å². The van der Waals surface area contributed by atoms with Gasteiger partial charge in [0, 0.05) is 15.1 Å². The summed E-state index contributed by atoms with van der Waals surface area (Å²) in [5, 5.41) is 0.538. The van der Waals surface area contributed by atoms with E-state index in [1.54, 1.807) is 24.3 Å². The first-order valence-corrected chi connectivity index (χ1v) is 6.56. The van der Waals surface area contributed by atoms with Crippen LogP contribution in [0.1, 0.15) is 17.2 Å². The lowest BCUT2D eigenvalue weighted by Crippen LogP contribution is -2.30. The SMILES string of the molecule is NNC(c1ccc(Cl)cc1)c1c(F)cc(Br)cc1F. The van der Waals surface area contributed by atoms with E-state index in [2.05, 4.69) is 21.4 Å². The average molecular weight is 348 g/mol. The maximum Gasteiger partial charge on any atom is 0.132 e. The van der Waals surface area contributed by atoms with Crippen molar-refractivity contribution >= 4 is 27.5 Å². The van der Waals surface area contributed by atoms with Crippen molar-refractivity contribution in [1.82, 2.24) is 5.43 Å². The second kappa shape index (κ2) is 5.96. The third-order valence-electron chi connectivity index (χ3n) is 2.70. The summed E-state index contributed by atoms with van der Waals surface area (Å²) in [4.78, 5) is 0. The molecule has 2 aromatic carbocycles. The Balaban J connectivity index is 2.51. The smallest absolute Gasteiger partial charge is 0.132 e. The number of benzene rings is 2. The highest BCUT2D eigenvalue weighted by Gasteiger charge is 2.21. The summed E-state index contributed by atoms with van der Waals surface area (Å²) < 4.78 is 28.2. The molecule has 0 aliphatic rings. The molecule has 0 aliphatic heterocycles. The van der Waals surface area contributed by atoms with Crippen LogP contribution >= 0.6 is 27.5 Å². The molecule has 3 N–H and O–H groups in total. The lowest BCUT2D eigenvalue weighted by Gasteiger charge is -2.18. The Bertz CT molecular complexity index is 567. The van der Waals surface area contributed by atoms with Crippen LogP contribution in [0.25, 0.3) is 0 Å². The Hall–Kier alpha value is -1.01. The third-order valence-corrected chi connectivity index (χ3v) is 3.41. The van der Waals surface area contributed by atoms with Crippen molar-refractivity contribution in [3.05, 3.63) is 68.7 Å². The standard InChI is InChI=1S/C13H10BrClF2N2/c14-8-5-10(16)12(11(17)6-8)13(19-18)7-1-3-9(15)4-2-7/h1-6,13,19H,18H2. The quantitative estimate of drug-likeness (QED) is 0.652. The minimum Gasteiger partial charge on any atom is -0.271 e. The number of hydrogen-bond donors (Lipinski definition) is 2. The van der Waals surface area contributed by atoms with Crippen LogP contribution in [-0.4, -0.2) is 0 Å². The molecule has 0 radical (unpaired) electrons. The molecule has 6 heteroatoms. The average Bonchev–Trinajstić information content (AvgIpc) is 2.35. The Kier molecular flexibility index (Phi) is 4.52. The Morgan fingerprint density at radius 3 is 2.11 bits per heavy atom. The molecular formula is C13H10BrClF2N2. The van der Waals surface area contributed by atoms with Crippen molar-refractivity contribution in [2.24, 2.45) is 5.84 Å². The lowest BCUT2D eigenvalue weighted by atomic mass is 9.98. The topological polar surface area (TPSA) is 38.0 Å². The highest BCUT2D eigenvalue weighted by Crippen LogP contribution is 2.29. The fourth-order valence-electron chi connectivity index (χ4n) is 1.83. The molecule has 0 spiro atoms. The first kappa shape index (κ1) is 14.4. The number of nitrogens with two attached hydrogens (primary N) is 1. The van der Waals surface area contributed by atoms with E-state index in [1.165, 1.54) is 12.1 Å². The van der Waals surface area contributed by atoms with E-state index in [1.807, 2.05) is 0 Å². The summed E-state index contributed by atoms with van der Waals surface area (Å²) in [5.74, 6) is 4.07. The van der Waals surface area contributed by atoms with Crippen LogP contribution in [0.4, 0.5) is 8.78 Å². The molecule has 0 aromatic heterocycles. The van der Waals surface area contributed by atoms with Gasteiger partial charge >= 0.3 is 0 Å². The molecule has 0 amide bonds. The van der Waals surface area contributed by atoms with Crippen LogP contribution in [0.5, 0.6) is 0 Å². The van der Waals surface area contributed by atoms with Gasteiger partial charge in [-0.2, -0.15) is 0 Å². The number of hydrazine groups is 1. The summed E-state index contributed by atoms with van der Waals surface area (Å²) >= 11 is 8.82. The van der Waals surface area contributed by atoms with Gasteiger partial charge in [0.25, 0.3) is 0 Å². The largest absolute Gasteiger partial charge is 0.271 e. The van der Waals surface area contributed by atoms with Crippen LogP contribution in [0.15, 0.2) is 40.9 Å². The summed E-state index contributed by atoms with van der Waals surface area (Å²) in [7, 11) is 0. The van der Waals surface area contributed by atoms with Crippen LogP contribution < -0.4 is 11.3 Å². The lowest BCUT2D eigenvalue weighted by molar-refractivity contribution is 0.509. The molecule has 19 heavy (non-hydrogen) atoms. The maximum atomic E-state index is 13.9. The maximum absolute atomic E-state index is 13.9. The monoisotopic (exact) mass is 346 g/mol. The van der Waals surface area contributed by atoms with Crippen LogP contribution in [-0.2, 0) is 0 Å². The molecule has 1 unspecified atom stereocenters. The highest BCUT2D eigenvalue weighted by molar-refractivity contribution is 9.10. The summed E-state index contributed by atoms with van der Waals surface area (Å²) in [5.41, 5.74) is 2.90. The fourth-order valence-corrected chi connectivity index (χ4v) is 2.36. The summed E-state index contributed by atoms with van der Waals surface area (Å²) in [6.45, 7) is 0. The van der Waals surface area contributed by atoms with E-state index in [0.717, 1.165) is 0 Å². The number of halogens is 4. The van der Waals surface area contributed by atoms with Crippen LogP contribution in [0, 0.1) is 11.6 Å². The first-order valence-electron chi connectivity index (χ1n) is 5.39. The minimum absolute atomic E-state index is 0.131. The van der Waals surface area contributed by atoms with E-state index < -0.39 is 17.7 Å². The van der Waals surface area contributed by atoms with Gasteiger partial charge in [-0.1, -0.05) is 39.7 Å². The Morgan fingerprint density at radius 2 is 1.63 bits per heavy atom. The molecule has 2 aromatic rings. The summed E-state index contributed by atoms with van der Waals surface area (Å²) in [6, 6.07) is 8.19. The zero-order chi connectivity index (χ0) is 14.0. The van der Waals surface area contributed by atoms with Gasteiger partial charge in [0.05, 0.1) is 6.04 Å². The van der Waals surface area contributed by atoms with Gasteiger partial charge in [0.2, 0.25) is 0 Å². The van der Waals surface area contributed by atoms with Crippen molar-refractivity contribution in [3.8, 4) is 0 Å². The van der Waals surface area contributed by atoms with Crippen molar-refractivity contribution < 1.29 is 8.78 Å². The van der Waals surface area contributed by atoms with Crippen LogP contribution in [0.3, 0.4) is 0 Å². The van der Waals surface area contributed by atoms with Gasteiger partial charge < -0.3 is 0 Å². The van der Waals surface area contributed by atoms with Crippen molar-refractivity contribution in [3.63, 3.8) is 0 Å². The first-order chi connectivity index (χ1) is 9.02. The Morgan fingerprint density at radius 1 is 1.11 bits per heavy atom. The molecule has 0 heterocycles. The van der Waals surface area contributed by atoms with E-state index in [9.17, 15) is 8.78 Å². The molecule has 0 fully saturated rings. The molecule has 0 saturated carbocycles. The molecule has 2 rings (SSSR count). The van der Waals surface area contributed by atoms with Gasteiger partial charge in [-0.05, 0) is 29.8 Å². The van der Waals surface area contributed by atoms with Crippen molar-refractivity contribution in [2.75, 3.05) is 0 Å². The molecule has 100 valence electrons. The van der Waals surface area contributed by atoms with Crippen molar-refractivity contribution in [2.45, 2.75) is 6.04 Å². The zero-order valence-electron chi connectivity index (χ0n) is 9.63. The van der Waals surface area contributed by atoms with Crippen molar-refractivity contribution in [1.29, 1.82) is 0 Å². The molecule has 0 bridgehead atoms. The number of nitrogens with one attached hydrogen (secondary N) is 1. The van der Waals surface area contributed by atoms with E-state index >= 15 is 0 Å². The predicted molar refractivity (Wildman–Crippen MR) is 74.7 cm³/mol. The van der Waals surface area contributed by atoms with E-state index in [4.69, 9.17) is 17.4 Å². The third kappa shape index (κ3) is 3.12. The predicted octanol–water partition coefficient (Wildman–Crippen LogP) is 3.93. The minimum atomic E-state index is -0.787. The zero-order valence-corrected chi connectivity index (χ0v) is 12.0.